The van der Waals surface area contributed by atoms with Crippen LogP contribution in [0.3, 0.4) is 0 Å². The molecule has 3 aromatic rings. The Bertz CT molecular complexity index is 1090. The van der Waals surface area contributed by atoms with Crippen LogP contribution >= 0.6 is 11.3 Å². The van der Waals surface area contributed by atoms with Crippen molar-refractivity contribution in [2.45, 2.75) is 31.8 Å². The van der Waals surface area contributed by atoms with E-state index in [0.717, 1.165) is 29.2 Å². The molecule has 0 saturated carbocycles. The van der Waals surface area contributed by atoms with E-state index in [4.69, 9.17) is 0 Å². The first-order valence-electron chi connectivity index (χ1n) is 10.3. The summed E-state index contributed by atoms with van der Waals surface area (Å²) >= 11 is 1.63. The Kier molecular flexibility index (Phi) is 5.12. The van der Waals surface area contributed by atoms with Crippen molar-refractivity contribution in [3.05, 3.63) is 80.7 Å². The number of nitrogens with one attached hydrogen (secondary N) is 1. The molecule has 1 N–H and O–H groups in total. The van der Waals surface area contributed by atoms with Crippen molar-refractivity contribution in [2.24, 2.45) is 5.92 Å². The minimum absolute atomic E-state index is 0.0245. The lowest BCUT2D eigenvalue weighted by Crippen LogP contribution is -2.49. The van der Waals surface area contributed by atoms with E-state index >= 15 is 0 Å². The van der Waals surface area contributed by atoms with Gasteiger partial charge in [-0.05, 0) is 48.1 Å². The minimum Gasteiger partial charge on any atom is -0.375 e. The second kappa shape index (κ2) is 8.07. The summed E-state index contributed by atoms with van der Waals surface area (Å²) < 4.78 is 1.92. The summed E-state index contributed by atoms with van der Waals surface area (Å²) in [6.07, 6.45) is 3.27. The number of pyridine rings is 2. The standard InChI is InChI=1S/C23H24N4O2S/c28-22(11-19-5-3-9-30-19)26-13-16-10-17(15-26)21-7-6-20(23(29)27(21)14-16)25-12-18-4-1-2-8-24-18/h1-9,16-17,25H,10-15H2. The molecule has 5 heterocycles. The molecule has 6 nitrogen and oxygen atoms in total. The maximum atomic E-state index is 13.1. The van der Waals surface area contributed by atoms with Crippen LogP contribution in [0.15, 0.2) is 58.8 Å². The number of hydrogen-bond acceptors (Lipinski definition) is 5. The number of thiophene rings is 1. The van der Waals surface area contributed by atoms with Gasteiger partial charge in [0.05, 0.1) is 18.7 Å². The Morgan fingerprint density at radius 2 is 2.07 bits per heavy atom. The van der Waals surface area contributed by atoms with Crippen LogP contribution in [0.5, 0.6) is 0 Å². The van der Waals surface area contributed by atoms with Crippen LogP contribution in [0.1, 0.15) is 28.6 Å². The van der Waals surface area contributed by atoms with Gasteiger partial charge >= 0.3 is 0 Å². The van der Waals surface area contributed by atoms with Crippen molar-refractivity contribution < 1.29 is 4.79 Å². The zero-order valence-corrected chi connectivity index (χ0v) is 17.5. The SMILES string of the molecule is O=C(Cc1cccs1)N1CC2CC(C1)c1ccc(NCc3ccccn3)c(=O)n1C2. The lowest BCUT2D eigenvalue weighted by Gasteiger charge is -2.43. The molecule has 1 fully saturated rings. The maximum absolute atomic E-state index is 13.1. The highest BCUT2D eigenvalue weighted by molar-refractivity contribution is 7.10. The number of rotatable bonds is 5. The Labute approximate surface area is 179 Å². The van der Waals surface area contributed by atoms with Gasteiger partial charge in [-0.2, -0.15) is 0 Å². The van der Waals surface area contributed by atoms with Crippen molar-refractivity contribution in [2.75, 3.05) is 18.4 Å². The summed E-state index contributed by atoms with van der Waals surface area (Å²) in [5, 5.41) is 5.25. The molecule has 154 valence electrons. The van der Waals surface area contributed by atoms with Gasteiger partial charge in [-0.3, -0.25) is 14.6 Å². The zero-order chi connectivity index (χ0) is 20.5. The molecule has 0 spiro atoms. The summed E-state index contributed by atoms with van der Waals surface area (Å²) in [5.41, 5.74) is 2.58. The van der Waals surface area contributed by atoms with Crippen LogP contribution in [-0.4, -0.2) is 33.4 Å². The van der Waals surface area contributed by atoms with Crippen LogP contribution < -0.4 is 10.9 Å². The fourth-order valence-electron chi connectivity index (χ4n) is 4.65. The van der Waals surface area contributed by atoms with E-state index in [1.807, 2.05) is 51.2 Å². The predicted molar refractivity (Wildman–Crippen MR) is 118 cm³/mol. The first-order chi connectivity index (χ1) is 14.7. The predicted octanol–water partition coefficient (Wildman–Crippen LogP) is 3.11. The normalized spacial score (nSPS) is 19.9. The Hall–Kier alpha value is -2.93. The number of nitrogens with zero attached hydrogens (tertiary/aromatic N) is 3. The smallest absolute Gasteiger partial charge is 0.274 e. The van der Waals surface area contributed by atoms with Crippen LogP contribution in [0.4, 0.5) is 5.69 Å². The number of fused-ring (bicyclic) bond motifs is 4. The summed E-state index contributed by atoms with van der Waals surface area (Å²) in [5.74, 6) is 0.742. The van der Waals surface area contributed by atoms with E-state index in [1.165, 1.54) is 0 Å². The van der Waals surface area contributed by atoms with E-state index in [2.05, 4.69) is 16.4 Å². The molecule has 2 aliphatic rings. The molecule has 1 saturated heterocycles. The Morgan fingerprint density at radius 3 is 2.87 bits per heavy atom. The number of carbonyl (C=O) groups is 1. The molecule has 2 aliphatic heterocycles. The molecule has 0 aliphatic carbocycles. The first-order valence-corrected chi connectivity index (χ1v) is 11.2. The third kappa shape index (κ3) is 3.77. The maximum Gasteiger partial charge on any atom is 0.274 e. The van der Waals surface area contributed by atoms with Gasteiger partial charge in [-0.25, -0.2) is 0 Å². The van der Waals surface area contributed by atoms with Gasteiger partial charge in [0.25, 0.3) is 5.56 Å². The Morgan fingerprint density at radius 1 is 1.13 bits per heavy atom. The number of aromatic nitrogens is 2. The zero-order valence-electron chi connectivity index (χ0n) is 16.7. The van der Waals surface area contributed by atoms with Crippen LogP contribution in [-0.2, 0) is 24.3 Å². The molecule has 30 heavy (non-hydrogen) atoms. The molecule has 2 unspecified atom stereocenters. The minimum atomic E-state index is 0.0245. The summed E-state index contributed by atoms with van der Waals surface area (Å²) in [4.78, 5) is 33.3. The number of hydrogen-bond donors (Lipinski definition) is 1. The highest BCUT2D eigenvalue weighted by Crippen LogP contribution is 2.35. The molecule has 7 heteroatoms. The summed E-state index contributed by atoms with van der Waals surface area (Å²) in [6.45, 7) is 2.62. The molecule has 0 radical (unpaired) electrons. The topological polar surface area (TPSA) is 67.2 Å². The lowest BCUT2D eigenvalue weighted by molar-refractivity contribution is -0.133. The van der Waals surface area contributed by atoms with Crippen LogP contribution in [0, 0.1) is 5.92 Å². The first kappa shape index (κ1) is 19.1. The molecule has 2 atom stereocenters. The van der Waals surface area contributed by atoms with E-state index in [9.17, 15) is 9.59 Å². The second-order valence-electron chi connectivity index (χ2n) is 8.12. The molecule has 5 rings (SSSR count). The van der Waals surface area contributed by atoms with Crippen molar-refractivity contribution >= 4 is 22.9 Å². The van der Waals surface area contributed by atoms with E-state index in [0.29, 0.717) is 37.7 Å². The summed E-state index contributed by atoms with van der Waals surface area (Å²) in [6, 6.07) is 13.7. The van der Waals surface area contributed by atoms with Crippen LogP contribution in [0.2, 0.25) is 0 Å². The fourth-order valence-corrected chi connectivity index (χ4v) is 5.34. The highest BCUT2D eigenvalue weighted by Gasteiger charge is 2.36. The molecular weight excluding hydrogens is 396 g/mol. The number of carbonyl (C=O) groups excluding carboxylic acids is 1. The second-order valence-corrected chi connectivity index (χ2v) is 9.15. The molecule has 3 aromatic heterocycles. The third-order valence-electron chi connectivity index (χ3n) is 6.05. The van der Waals surface area contributed by atoms with E-state index < -0.39 is 0 Å². The lowest BCUT2D eigenvalue weighted by atomic mass is 9.83. The van der Waals surface area contributed by atoms with Crippen molar-refractivity contribution in [3.8, 4) is 0 Å². The fraction of sp³-hybridized carbons (Fsp3) is 0.348. The summed E-state index contributed by atoms with van der Waals surface area (Å²) in [7, 11) is 0. The number of amides is 1. The van der Waals surface area contributed by atoms with Gasteiger partial charge in [0.2, 0.25) is 5.91 Å². The van der Waals surface area contributed by atoms with Gasteiger partial charge in [-0.15, -0.1) is 11.3 Å². The van der Waals surface area contributed by atoms with E-state index in [-0.39, 0.29) is 17.4 Å². The molecule has 1 amide bonds. The van der Waals surface area contributed by atoms with Gasteiger partial charge in [0.1, 0.15) is 5.69 Å². The van der Waals surface area contributed by atoms with Crippen molar-refractivity contribution in [3.63, 3.8) is 0 Å². The monoisotopic (exact) mass is 420 g/mol. The van der Waals surface area contributed by atoms with Gasteiger partial charge in [-0.1, -0.05) is 12.1 Å². The molecular formula is C23H24N4O2S. The quantitative estimate of drug-likeness (QED) is 0.689. The van der Waals surface area contributed by atoms with Gasteiger partial charge in [0, 0.05) is 42.3 Å². The largest absolute Gasteiger partial charge is 0.375 e. The number of piperidine rings is 1. The van der Waals surface area contributed by atoms with Gasteiger partial charge < -0.3 is 14.8 Å². The number of likely N-dealkylation sites (tertiary alicyclic amines) is 1. The third-order valence-corrected chi connectivity index (χ3v) is 6.93. The molecule has 0 aromatic carbocycles. The van der Waals surface area contributed by atoms with E-state index in [1.54, 1.807) is 17.5 Å². The van der Waals surface area contributed by atoms with Crippen LogP contribution in [0.25, 0.3) is 0 Å². The van der Waals surface area contributed by atoms with Crippen molar-refractivity contribution in [1.82, 2.24) is 14.5 Å². The number of anilines is 1. The molecule has 2 bridgehead atoms. The van der Waals surface area contributed by atoms with Gasteiger partial charge in [0.15, 0.2) is 0 Å². The van der Waals surface area contributed by atoms with Crippen molar-refractivity contribution in [1.29, 1.82) is 0 Å². The average molecular weight is 421 g/mol. The average Bonchev–Trinajstić information content (AvgIpc) is 3.27. The Balaban J connectivity index is 1.32. The highest BCUT2D eigenvalue weighted by atomic mass is 32.1.